The standard InChI is InChI=1S/C15H15NO2S/c1-2-18-15(17)13-10-6-7-11-14(13)19-16-12-8-4-3-5-9-12/h3-11,16H,2H2,1H3. The number of carbonyl (C=O) groups excluding carboxylic acids is 1. The molecule has 0 fully saturated rings. The van der Waals surface area contributed by atoms with Gasteiger partial charge in [0.2, 0.25) is 0 Å². The van der Waals surface area contributed by atoms with E-state index in [1.807, 2.05) is 48.5 Å². The van der Waals surface area contributed by atoms with Crippen LogP contribution in [-0.4, -0.2) is 12.6 Å². The molecule has 0 saturated carbocycles. The van der Waals surface area contributed by atoms with Crippen molar-refractivity contribution in [3.8, 4) is 0 Å². The van der Waals surface area contributed by atoms with Gasteiger partial charge in [-0.1, -0.05) is 30.3 Å². The summed E-state index contributed by atoms with van der Waals surface area (Å²) in [5.41, 5.74) is 1.57. The topological polar surface area (TPSA) is 38.3 Å². The van der Waals surface area contributed by atoms with E-state index in [0.29, 0.717) is 12.2 Å². The van der Waals surface area contributed by atoms with E-state index in [0.717, 1.165) is 10.6 Å². The Kier molecular flexibility index (Phi) is 4.86. The molecule has 2 rings (SSSR count). The van der Waals surface area contributed by atoms with Crippen LogP contribution in [0.5, 0.6) is 0 Å². The van der Waals surface area contributed by atoms with Crippen LogP contribution in [0.3, 0.4) is 0 Å². The summed E-state index contributed by atoms with van der Waals surface area (Å²) in [5.74, 6) is -0.291. The van der Waals surface area contributed by atoms with Crippen LogP contribution in [0.1, 0.15) is 17.3 Å². The van der Waals surface area contributed by atoms with Crippen LogP contribution in [0.4, 0.5) is 5.69 Å². The number of benzene rings is 2. The molecule has 1 N–H and O–H groups in total. The molecule has 98 valence electrons. The van der Waals surface area contributed by atoms with Gasteiger partial charge in [-0.25, -0.2) is 4.79 Å². The van der Waals surface area contributed by atoms with Gasteiger partial charge in [-0.15, -0.1) is 0 Å². The highest BCUT2D eigenvalue weighted by molar-refractivity contribution is 8.00. The SMILES string of the molecule is CCOC(=O)c1ccccc1SNc1ccccc1. The monoisotopic (exact) mass is 273 g/mol. The van der Waals surface area contributed by atoms with Gasteiger partial charge in [-0.05, 0) is 43.1 Å². The molecule has 0 atom stereocenters. The minimum Gasteiger partial charge on any atom is -0.462 e. The van der Waals surface area contributed by atoms with E-state index >= 15 is 0 Å². The number of esters is 1. The van der Waals surface area contributed by atoms with Gasteiger partial charge in [0.15, 0.2) is 0 Å². The maximum Gasteiger partial charge on any atom is 0.339 e. The summed E-state index contributed by atoms with van der Waals surface area (Å²) in [6, 6.07) is 17.2. The van der Waals surface area contributed by atoms with Gasteiger partial charge in [0.1, 0.15) is 0 Å². The molecule has 0 aliphatic rings. The van der Waals surface area contributed by atoms with E-state index in [4.69, 9.17) is 4.74 Å². The van der Waals surface area contributed by atoms with E-state index in [9.17, 15) is 4.79 Å². The second kappa shape index (κ2) is 6.85. The zero-order valence-electron chi connectivity index (χ0n) is 10.6. The van der Waals surface area contributed by atoms with Crippen molar-refractivity contribution < 1.29 is 9.53 Å². The van der Waals surface area contributed by atoms with Crippen LogP contribution in [0.25, 0.3) is 0 Å². The molecule has 0 heterocycles. The molecule has 0 aliphatic carbocycles. The van der Waals surface area contributed by atoms with Crippen LogP contribution in [0, 0.1) is 0 Å². The first-order chi connectivity index (χ1) is 9.31. The summed E-state index contributed by atoms with van der Waals surface area (Å²) >= 11 is 1.40. The summed E-state index contributed by atoms with van der Waals surface area (Å²) in [6.07, 6.45) is 0. The number of rotatable bonds is 5. The average molecular weight is 273 g/mol. The van der Waals surface area contributed by atoms with Crippen molar-refractivity contribution in [2.75, 3.05) is 11.3 Å². The quantitative estimate of drug-likeness (QED) is 0.660. The van der Waals surface area contributed by atoms with Crippen LogP contribution in [0.15, 0.2) is 59.5 Å². The Balaban J connectivity index is 2.10. The lowest BCUT2D eigenvalue weighted by Gasteiger charge is -2.09. The summed E-state index contributed by atoms with van der Waals surface area (Å²) < 4.78 is 8.25. The molecule has 0 amide bonds. The highest BCUT2D eigenvalue weighted by atomic mass is 32.2. The number of ether oxygens (including phenoxy) is 1. The Labute approximate surface area is 117 Å². The largest absolute Gasteiger partial charge is 0.462 e. The van der Waals surface area contributed by atoms with Crippen molar-refractivity contribution in [3.05, 3.63) is 60.2 Å². The third-order valence-corrected chi connectivity index (χ3v) is 3.35. The molecular weight excluding hydrogens is 258 g/mol. The van der Waals surface area contributed by atoms with Gasteiger partial charge >= 0.3 is 5.97 Å². The zero-order valence-corrected chi connectivity index (χ0v) is 11.4. The van der Waals surface area contributed by atoms with Gasteiger partial charge in [0.25, 0.3) is 0 Å². The lowest BCUT2D eigenvalue weighted by Crippen LogP contribution is -2.06. The van der Waals surface area contributed by atoms with Gasteiger partial charge in [-0.3, -0.25) is 0 Å². The van der Waals surface area contributed by atoms with Gasteiger partial charge < -0.3 is 9.46 Å². The Morgan fingerprint density at radius 2 is 1.79 bits per heavy atom. The predicted octanol–water partition coefficient (Wildman–Crippen LogP) is 3.98. The molecular formula is C15H15NO2S. The van der Waals surface area contributed by atoms with E-state index in [-0.39, 0.29) is 5.97 Å². The van der Waals surface area contributed by atoms with Crippen LogP contribution >= 0.6 is 11.9 Å². The first-order valence-corrected chi connectivity index (χ1v) is 6.87. The van der Waals surface area contributed by atoms with Crippen molar-refractivity contribution in [1.82, 2.24) is 0 Å². The smallest absolute Gasteiger partial charge is 0.339 e. The maximum atomic E-state index is 11.8. The third-order valence-electron chi connectivity index (χ3n) is 2.44. The highest BCUT2D eigenvalue weighted by Crippen LogP contribution is 2.24. The number of nitrogens with one attached hydrogen (secondary N) is 1. The summed E-state index contributed by atoms with van der Waals surface area (Å²) in [6.45, 7) is 2.18. The number of hydrogen-bond acceptors (Lipinski definition) is 4. The van der Waals surface area contributed by atoms with Crippen molar-refractivity contribution >= 4 is 23.6 Å². The molecule has 2 aromatic rings. The minimum atomic E-state index is -0.291. The number of hydrogen-bond donors (Lipinski definition) is 1. The van der Waals surface area contributed by atoms with Crippen LogP contribution < -0.4 is 4.72 Å². The highest BCUT2D eigenvalue weighted by Gasteiger charge is 2.12. The molecule has 3 nitrogen and oxygen atoms in total. The Morgan fingerprint density at radius 3 is 2.53 bits per heavy atom. The van der Waals surface area contributed by atoms with Crippen LogP contribution in [0.2, 0.25) is 0 Å². The van der Waals surface area contributed by atoms with Crippen molar-refractivity contribution in [3.63, 3.8) is 0 Å². The molecule has 19 heavy (non-hydrogen) atoms. The van der Waals surface area contributed by atoms with Gasteiger partial charge in [0, 0.05) is 10.6 Å². The van der Waals surface area contributed by atoms with Crippen molar-refractivity contribution in [2.45, 2.75) is 11.8 Å². The van der Waals surface area contributed by atoms with Crippen molar-refractivity contribution in [1.29, 1.82) is 0 Å². The summed E-state index contributed by atoms with van der Waals surface area (Å²) in [7, 11) is 0. The minimum absolute atomic E-state index is 0.291. The fraction of sp³-hybridized carbons (Fsp3) is 0.133. The van der Waals surface area contributed by atoms with Crippen LogP contribution in [-0.2, 0) is 4.74 Å². The Bertz CT molecular complexity index is 543. The molecule has 0 saturated heterocycles. The molecule has 4 heteroatoms. The van der Waals surface area contributed by atoms with Crippen molar-refractivity contribution in [2.24, 2.45) is 0 Å². The summed E-state index contributed by atoms with van der Waals surface area (Å²) in [5, 5.41) is 0. The first kappa shape index (κ1) is 13.5. The number of para-hydroxylation sites is 1. The number of anilines is 1. The molecule has 2 aromatic carbocycles. The van der Waals surface area contributed by atoms with Gasteiger partial charge in [0.05, 0.1) is 12.2 Å². The molecule has 0 aliphatic heterocycles. The molecule has 0 bridgehead atoms. The third kappa shape index (κ3) is 3.76. The second-order valence-corrected chi connectivity index (χ2v) is 4.63. The average Bonchev–Trinajstić information content (AvgIpc) is 2.47. The maximum absolute atomic E-state index is 11.8. The molecule has 0 radical (unpaired) electrons. The Morgan fingerprint density at radius 1 is 1.11 bits per heavy atom. The van der Waals surface area contributed by atoms with E-state index in [1.54, 1.807) is 13.0 Å². The van der Waals surface area contributed by atoms with Gasteiger partial charge in [-0.2, -0.15) is 0 Å². The fourth-order valence-electron chi connectivity index (χ4n) is 1.55. The normalized spacial score (nSPS) is 9.95. The molecule has 0 aromatic heterocycles. The lowest BCUT2D eigenvalue weighted by atomic mass is 10.2. The van der Waals surface area contributed by atoms with E-state index in [1.165, 1.54) is 11.9 Å². The van der Waals surface area contributed by atoms with E-state index in [2.05, 4.69) is 4.72 Å². The molecule has 0 unspecified atom stereocenters. The molecule has 0 spiro atoms. The second-order valence-electron chi connectivity index (χ2n) is 3.79. The predicted molar refractivity (Wildman–Crippen MR) is 78.3 cm³/mol. The number of carbonyl (C=O) groups is 1. The lowest BCUT2D eigenvalue weighted by molar-refractivity contribution is 0.0522. The first-order valence-electron chi connectivity index (χ1n) is 6.05. The van der Waals surface area contributed by atoms with E-state index < -0.39 is 0 Å². The summed E-state index contributed by atoms with van der Waals surface area (Å²) in [4.78, 5) is 12.7. The Hall–Kier alpha value is -1.94. The fourth-order valence-corrected chi connectivity index (χ4v) is 2.33. The zero-order chi connectivity index (χ0) is 13.5.